The van der Waals surface area contributed by atoms with Gasteiger partial charge in [0.15, 0.2) is 0 Å². The van der Waals surface area contributed by atoms with Crippen molar-refractivity contribution in [2.24, 2.45) is 5.73 Å². The van der Waals surface area contributed by atoms with Crippen molar-refractivity contribution in [2.75, 3.05) is 0 Å². The third-order valence-corrected chi connectivity index (χ3v) is 4.72. The second-order valence-electron chi connectivity index (χ2n) is 6.74. The number of nitrogens with one attached hydrogen (secondary N) is 1. The van der Waals surface area contributed by atoms with Crippen molar-refractivity contribution in [3.05, 3.63) is 83.8 Å². The van der Waals surface area contributed by atoms with Crippen LogP contribution in [0.2, 0.25) is 0 Å². The lowest BCUT2D eigenvalue weighted by Crippen LogP contribution is -2.13. The minimum absolute atomic E-state index is 0.181. The normalized spacial score (nSPS) is 12.2. The molecular weight excluding hydrogens is 355 g/mol. The van der Waals surface area contributed by atoms with Crippen molar-refractivity contribution in [1.29, 1.82) is 0 Å². The second-order valence-corrected chi connectivity index (χ2v) is 6.74. The highest BCUT2D eigenvalue weighted by molar-refractivity contribution is 5.92. The molecule has 0 bridgehead atoms. The second kappa shape index (κ2) is 7.60. The van der Waals surface area contributed by atoms with Gasteiger partial charge in [0.05, 0.1) is 17.4 Å². The van der Waals surface area contributed by atoms with Crippen molar-refractivity contribution in [2.45, 2.75) is 19.0 Å². The van der Waals surface area contributed by atoms with Gasteiger partial charge in [0.25, 0.3) is 0 Å². The van der Waals surface area contributed by atoms with E-state index in [4.69, 9.17) is 5.73 Å². The van der Waals surface area contributed by atoms with Gasteiger partial charge in [0.2, 0.25) is 5.91 Å². The Labute approximate surface area is 161 Å². The van der Waals surface area contributed by atoms with E-state index >= 15 is 0 Å². The number of pyridine rings is 1. The maximum atomic E-state index is 14.8. The Kier molecular flexibility index (Phi) is 4.85. The highest BCUT2D eigenvalue weighted by atomic mass is 19.1. The molecule has 0 radical (unpaired) electrons. The minimum Gasteiger partial charge on any atom is -0.366 e. The third-order valence-electron chi connectivity index (χ3n) is 4.72. The van der Waals surface area contributed by atoms with Crippen molar-refractivity contribution in [1.82, 2.24) is 15.2 Å². The lowest BCUT2D eigenvalue weighted by atomic mass is 9.97. The van der Waals surface area contributed by atoms with Crippen molar-refractivity contribution in [3.8, 4) is 11.1 Å². The SMILES string of the molecule is NC(=O)c1cccc(CC(F)Cc2ncccc2-c2ccc3[nH]ncc3c2)c1. The Morgan fingerprint density at radius 3 is 2.86 bits per heavy atom. The molecule has 0 spiro atoms. The van der Waals surface area contributed by atoms with Gasteiger partial charge >= 0.3 is 0 Å². The monoisotopic (exact) mass is 374 g/mol. The van der Waals surface area contributed by atoms with Crippen molar-refractivity contribution < 1.29 is 9.18 Å². The first kappa shape index (κ1) is 17.9. The smallest absolute Gasteiger partial charge is 0.248 e. The molecule has 0 aliphatic rings. The summed E-state index contributed by atoms with van der Waals surface area (Å²) in [5.41, 5.74) is 9.95. The van der Waals surface area contributed by atoms with Crippen LogP contribution < -0.4 is 5.73 Å². The molecule has 3 N–H and O–H groups in total. The molecule has 6 heteroatoms. The summed E-state index contributed by atoms with van der Waals surface area (Å²) in [6.07, 6.45) is 2.68. The molecule has 0 aliphatic carbocycles. The quantitative estimate of drug-likeness (QED) is 0.538. The van der Waals surface area contributed by atoms with Gasteiger partial charge in [-0.15, -0.1) is 0 Å². The summed E-state index contributed by atoms with van der Waals surface area (Å²) >= 11 is 0. The molecule has 2 aromatic carbocycles. The number of fused-ring (bicyclic) bond motifs is 1. The fourth-order valence-electron chi connectivity index (χ4n) is 3.36. The summed E-state index contributed by atoms with van der Waals surface area (Å²) in [5.74, 6) is -0.515. The molecule has 5 nitrogen and oxygen atoms in total. The highest BCUT2D eigenvalue weighted by Gasteiger charge is 2.15. The third kappa shape index (κ3) is 3.76. The first-order chi connectivity index (χ1) is 13.6. The van der Waals surface area contributed by atoms with Gasteiger partial charge in [-0.2, -0.15) is 5.10 Å². The van der Waals surface area contributed by atoms with Gasteiger partial charge in [-0.25, -0.2) is 4.39 Å². The number of hydrogen-bond donors (Lipinski definition) is 2. The van der Waals surface area contributed by atoms with Crippen molar-refractivity contribution >= 4 is 16.8 Å². The lowest BCUT2D eigenvalue weighted by molar-refractivity contribution is 0.1000. The molecule has 0 saturated carbocycles. The lowest BCUT2D eigenvalue weighted by Gasteiger charge is -2.12. The van der Waals surface area contributed by atoms with Crippen LogP contribution in [0.25, 0.3) is 22.0 Å². The number of alkyl halides is 1. The maximum Gasteiger partial charge on any atom is 0.248 e. The van der Waals surface area contributed by atoms with Crippen LogP contribution >= 0.6 is 0 Å². The Morgan fingerprint density at radius 1 is 1.11 bits per heavy atom. The molecule has 0 fully saturated rings. The molecule has 4 rings (SSSR count). The summed E-state index contributed by atoms with van der Waals surface area (Å²) in [4.78, 5) is 15.7. The van der Waals surface area contributed by atoms with Gasteiger partial charge in [0.1, 0.15) is 6.17 Å². The van der Waals surface area contributed by atoms with Crippen molar-refractivity contribution in [3.63, 3.8) is 0 Å². The first-order valence-electron chi connectivity index (χ1n) is 9.00. The van der Waals surface area contributed by atoms with Crippen LogP contribution in [0, 0.1) is 0 Å². The van der Waals surface area contributed by atoms with E-state index < -0.39 is 12.1 Å². The number of aromatic amines is 1. The van der Waals surface area contributed by atoms with E-state index in [0.29, 0.717) is 11.3 Å². The number of halogens is 1. The topological polar surface area (TPSA) is 84.7 Å². The number of hydrogen-bond acceptors (Lipinski definition) is 3. The average molecular weight is 374 g/mol. The highest BCUT2D eigenvalue weighted by Crippen LogP contribution is 2.27. The van der Waals surface area contributed by atoms with Gasteiger partial charge in [-0.1, -0.05) is 24.3 Å². The molecule has 0 saturated heterocycles. The number of aromatic nitrogens is 3. The van der Waals surface area contributed by atoms with E-state index in [1.165, 1.54) is 0 Å². The van der Waals surface area contributed by atoms with E-state index in [0.717, 1.165) is 27.6 Å². The maximum absolute atomic E-state index is 14.8. The van der Waals surface area contributed by atoms with Gasteiger partial charge in [-0.05, 0) is 41.5 Å². The summed E-state index contributed by atoms with van der Waals surface area (Å²) in [6, 6.07) is 16.5. The Hall–Kier alpha value is -3.54. The fourth-order valence-corrected chi connectivity index (χ4v) is 3.36. The summed E-state index contributed by atoms with van der Waals surface area (Å²) < 4.78 is 14.8. The van der Waals surface area contributed by atoms with Crippen LogP contribution in [0.3, 0.4) is 0 Å². The number of amides is 1. The molecule has 4 aromatic rings. The van der Waals surface area contributed by atoms with Crippen LogP contribution in [0.4, 0.5) is 4.39 Å². The first-order valence-corrected chi connectivity index (χ1v) is 9.00. The summed E-state index contributed by atoms with van der Waals surface area (Å²) in [6.45, 7) is 0. The molecule has 2 aromatic heterocycles. The molecule has 1 atom stereocenters. The van der Waals surface area contributed by atoms with E-state index in [1.807, 2.05) is 30.3 Å². The Morgan fingerprint density at radius 2 is 2.00 bits per heavy atom. The van der Waals surface area contributed by atoms with E-state index in [-0.39, 0.29) is 12.8 Å². The van der Waals surface area contributed by atoms with E-state index in [1.54, 1.807) is 36.7 Å². The molecular formula is C22H19FN4O. The number of rotatable bonds is 6. The van der Waals surface area contributed by atoms with Crippen LogP contribution in [0.5, 0.6) is 0 Å². The molecule has 1 unspecified atom stereocenters. The molecule has 0 aliphatic heterocycles. The van der Waals surface area contributed by atoms with Gasteiger partial charge in [0, 0.05) is 35.6 Å². The molecule has 28 heavy (non-hydrogen) atoms. The number of primary amides is 1. The predicted octanol–water partition coefficient (Wildman–Crippen LogP) is 3.85. The molecule has 2 heterocycles. The number of nitrogens with zero attached hydrogens (tertiary/aromatic N) is 2. The number of H-pyrrole nitrogens is 1. The van der Waals surface area contributed by atoms with E-state index in [9.17, 15) is 9.18 Å². The Bertz CT molecular complexity index is 1140. The summed E-state index contributed by atoms with van der Waals surface area (Å²) in [7, 11) is 0. The standard InChI is InChI=1S/C22H19FN4O/c23-18(10-14-3-1-4-16(9-14)22(24)28)12-21-19(5-2-8-25-21)15-6-7-20-17(11-15)13-26-27-20/h1-9,11,13,18H,10,12H2,(H2,24,28)(H,26,27). The number of carbonyl (C=O) groups excluding carboxylic acids is 1. The zero-order valence-corrected chi connectivity index (χ0v) is 15.1. The zero-order chi connectivity index (χ0) is 19.5. The van der Waals surface area contributed by atoms with Crippen LogP contribution in [0.1, 0.15) is 21.6 Å². The van der Waals surface area contributed by atoms with Crippen LogP contribution in [0.15, 0.2) is 67.0 Å². The minimum atomic E-state index is -1.13. The Balaban J connectivity index is 1.56. The number of benzene rings is 2. The van der Waals surface area contributed by atoms with Crippen LogP contribution in [-0.4, -0.2) is 27.3 Å². The predicted molar refractivity (Wildman–Crippen MR) is 107 cm³/mol. The number of carbonyl (C=O) groups is 1. The summed E-state index contributed by atoms with van der Waals surface area (Å²) in [5, 5.41) is 7.96. The van der Waals surface area contributed by atoms with E-state index in [2.05, 4.69) is 15.2 Å². The molecule has 140 valence electrons. The zero-order valence-electron chi connectivity index (χ0n) is 15.1. The largest absolute Gasteiger partial charge is 0.366 e. The fraction of sp³-hybridized carbons (Fsp3) is 0.136. The molecule has 1 amide bonds. The van der Waals surface area contributed by atoms with Gasteiger partial charge in [-0.3, -0.25) is 14.9 Å². The average Bonchev–Trinajstić information content (AvgIpc) is 3.16. The van der Waals surface area contributed by atoms with Crippen LogP contribution in [-0.2, 0) is 12.8 Å². The number of nitrogens with two attached hydrogens (primary N) is 1. The van der Waals surface area contributed by atoms with Gasteiger partial charge < -0.3 is 5.73 Å².